The predicted molar refractivity (Wildman–Crippen MR) is 114 cm³/mol. The second-order valence-corrected chi connectivity index (χ2v) is 5.86. The van der Waals surface area contributed by atoms with Crippen molar-refractivity contribution in [3.8, 4) is 5.75 Å². The smallest absolute Gasteiger partial charge is 0.191 e. The number of benzene rings is 1. The third-order valence-corrected chi connectivity index (χ3v) is 3.45. The number of hydrogen-bond donors (Lipinski definition) is 2. The summed E-state index contributed by atoms with van der Waals surface area (Å²) < 4.78 is 5.74. The van der Waals surface area contributed by atoms with Crippen LogP contribution in [0.4, 0.5) is 0 Å². The summed E-state index contributed by atoms with van der Waals surface area (Å²) in [5, 5.41) is 6.63. The molecule has 5 nitrogen and oxygen atoms in total. The quantitative estimate of drug-likeness (QED) is 0.250. The Balaban J connectivity index is 0.00000529. The van der Waals surface area contributed by atoms with E-state index in [1.807, 2.05) is 12.1 Å². The molecule has 0 aliphatic heterocycles. The normalized spacial score (nSPS) is 11.1. The highest BCUT2D eigenvalue weighted by molar-refractivity contribution is 14.0. The first kappa shape index (κ1) is 23.0. The minimum Gasteiger partial charge on any atom is -0.494 e. The van der Waals surface area contributed by atoms with Crippen molar-refractivity contribution in [2.24, 2.45) is 4.99 Å². The molecule has 2 N–H and O–H groups in total. The Morgan fingerprint density at radius 1 is 1.12 bits per heavy atom. The van der Waals surface area contributed by atoms with Crippen LogP contribution in [0.5, 0.6) is 5.75 Å². The van der Waals surface area contributed by atoms with Crippen LogP contribution in [-0.2, 0) is 6.54 Å². The van der Waals surface area contributed by atoms with Crippen LogP contribution in [0.25, 0.3) is 0 Å². The number of rotatable bonds is 10. The van der Waals surface area contributed by atoms with Crippen LogP contribution in [0.15, 0.2) is 29.3 Å². The molecule has 6 heteroatoms. The molecule has 0 heterocycles. The van der Waals surface area contributed by atoms with Gasteiger partial charge in [0.2, 0.25) is 0 Å². The molecule has 0 amide bonds. The van der Waals surface area contributed by atoms with Gasteiger partial charge in [0.1, 0.15) is 5.75 Å². The van der Waals surface area contributed by atoms with Crippen molar-refractivity contribution in [1.29, 1.82) is 0 Å². The third kappa shape index (κ3) is 10.7. The zero-order chi connectivity index (χ0) is 16.9. The molecule has 0 bridgehead atoms. The maximum atomic E-state index is 5.74. The van der Waals surface area contributed by atoms with Crippen LogP contribution in [-0.4, -0.2) is 51.7 Å². The lowest BCUT2D eigenvalue weighted by molar-refractivity contribution is 0.281. The fourth-order valence-electron chi connectivity index (χ4n) is 2.06. The molecule has 0 aliphatic rings. The van der Waals surface area contributed by atoms with E-state index >= 15 is 0 Å². The fourth-order valence-corrected chi connectivity index (χ4v) is 2.06. The molecular weight excluding hydrogens is 415 g/mol. The van der Waals surface area contributed by atoms with Gasteiger partial charge < -0.3 is 20.3 Å². The maximum Gasteiger partial charge on any atom is 0.191 e. The van der Waals surface area contributed by atoms with Gasteiger partial charge >= 0.3 is 0 Å². The Bertz CT molecular complexity index is 449. The van der Waals surface area contributed by atoms with E-state index in [1.54, 1.807) is 7.05 Å². The van der Waals surface area contributed by atoms with Crippen molar-refractivity contribution < 1.29 is 4.74 Å². The minimum absolute atomic E-state index is 0. The number of unbranched alkanes of at least 4 members (excludes halogenated alkanes) is 1. The highest BCUT2D eigenvalue weighted by atomic mass is 127. The summed E-state index contributed by atoms with van der Waals surface area (Å²) in [6.07, 6.45) is 3.37. The summed E-state index contributed by atoms with van der Waals surface area (Å²) in [7, 11) is 5.95. The molecule has 0 saturated carbocycles. The number of halogens is 1. The molecule has 0 fully saturated rings. The first-order chi connectivity index (χ1) is 11.2. The Hall–Kier alpha value is -1.02. The molecule has 24 heavy (non-hydrogen) atoms. The number of ether oxygens (including phenoxy) is 1. The van der Waals surface area contributed by atoms with E-state index in [2.05, 4.69) is 53.7 Å². The topological polar surface area (TPSA) is 48.9 Å². The van der Waals surface area contributed by atoms with Gasteiger partial charge in [-0.2, -0.15) is 0 Å². The van der Waals surface area contributed by atoms with Gasteiger partial charge in [-0.15, -0.1) is 24.0 Å². The standard InChI is InChI=1S/C18H32N4O.HI/c1-5-6-12-20-18(19-2)21-15-16-8-10-17(11-9-16)23-14-7-13-22(3)4;/h8-11H,5-7,12-15H2,1-4H3,(H2,19,20,21);1H. The average molecular weight is 448 g/mol. The van der Waals surface area contributed by atoms with Gasteiger partial charge in [0.15, 0.2) is 5.96 Å². The second kappa shape index (κ2) is 14.3. The predicted octanol–water partition coefficient (Wildman–Crippen LogP) is 3.10. The summed E-state index contributed by atoms with van der Waals surface area (Å²) in [6, 6.07) is 8.24. The van der Waals surface area contributed by atoms with Crippen molar-refractivity contribution in [3.63, 3.8) is 0 Å². The number of nitrogens with one attached hydrogen (secondary N) is 2. The van der Waals surface area contributed by atoms with Crippen LogP contribution < -0.4 is 15.4 Å². The van der Waals surface area contributed by atoms with Gasteiger partial charge in [0, 0.05) is 26.7 Å². The molecule has 0 spiro atoms. The Labute approximate surface area is 164 Å². The molecule has 1 rings (SSSR count). The number of aliphatic imine (C=N–C) groups is 1. The van der Waals surface area contributed by atoms with E-state index in [0.29, 0.717) is 0 Å². The van der Waals surface area contributed by atoms with Crippen LogP contribution >= 0.6 is 24.0 Å². The van der Waals surface area contributed by atoms with Gasteiger partial charge in [-0.05, 0) is 44.6 Å². The zero-order valence-electron chi connectivity index (χ0n) is 15.5. The molecule has 0 saturated heterocycles. The lowest BCUT2D eigenvalue weighted by Gasteiger charge is -2.12. The number of nitrogens with zero attached hydrogens (tertiary/aromatic N) is 2. The number of hydrogen-bond acceptors (Lipinski definition) is 3. The van der Waals surface area contributed by atoms with Gasteiger partial charge in [-0.3, -0.25) is 4.99 Å². The molecule has 138 valence electrons. The van der Waals surface area contributed by atoms with Crippen molar-refractivity contribution in [2.45, 2.75) is 32.7 Å². The van der Waals surface area contributed by atoms with E-state index in [4.69, 9.17) is 4.74 Å². The Morgan fingerprint density at radius 3 is 2.42 bits per heavy atom. The SMILES string of the molecule is CCCCNC(=NC)NCc1ccc(OCCCN(C)C)cc1.I. The minimum atomic E-state index is 0. The summed E-state index contributed by atoms with van der Waals surface area (Å²) in [6.45, 7) is 5.69. The van der Waals surface area contributed by atoms with Gasteiger partial charge in [0.25, 0.3) is 0 Å². The van der Waals surface area contributed by atoms with E-state index in [9.17, 15) is 0 Å². The summed E-state index contributed by atoms with van der Waals surface area (Å²) in [5.41, 5.74) is 1.21. The van der Waals surface area contributed by atoms with Gasteiger partial charge in [-0.25, -0.2) is 0 Å². The molecule has 0 unspecified atom stereocenters. The number of guanidine groups is 1. The van der Waals surface area contributed by atoms with Crippen molar-refractivity contribution in [1.82, 2.24) is 15.5 Å². The lowest BCUT2D eigenvalue weighted by Crippen LogP contribution is -2.37. The summed E-state index contributed by atoms with van der Waals surface area (Å²) in [4.78, 5) is 6.39. The zero-order valence-corrected chi connectivity index (χ0v) is 17.8. The molecule has 0 atom stereocenters. The maximum absolute atomic E-state index is 5.74. The van der Waals surface area contributed by atoms with E-state index < -0.39 is 0 Å². The van der Waals surface area contributed by atoms with Crippen molar-refractivity contribution >= 4 is 29.9 Å². The molecule has 1 aromatic rings. The average Bonchev–Trinajstić information content (AvgIpc) is 2.56. The summed E-state index contributed by atoms with van der Waals surface area (Å²) in [5.74, 6) is 1.78. The van der Waals surface area contributed by atoms with Crippen LogP contribution in [0.2, 0.25) is 0 Å². The van der Waals surface area contributed by atoms with Crippen molar-refractivity contribution in [3.05, 3.63) is 29.8 Å². The third-order valence-electron chi connectivity index (χ3n) is 3.45. The van der Waals surface area contributed by atoms with Crippen molar-refractivity contribution in [2.75, 3.05) is 40.8 Å². The van der Waals surface area contributed by atoms with Crippen LogP contribution in [0.3, 0.4) is 0 Å². The molecular formula is C18H33IN4O. The molecule has 0 aromatic heterocycles. The van der Waals surface area contributed by atoms with Gasteiger partial charge in [0.05, 0.1) is 6.61 Å². The second-order valence-electron chi connectivity index (χ2n) is 5.86. The van der Waals surface area contributed by atoms with E-state index in [1.165, 1.54) is 12.0 Å². The van der Waals surface area contributed by atoms with Gasteiger partial charge in [-0.1, -0.05) is 25.5 Å². The highest BCUT2D eigenvalue weighted by Gasteiger charge is 1.99. The monoisotopic (exact) mass is 448 g/mol. The highest BCUT2D eigenvalue weighted by Crippen LogP contribution is 2.12. The molecule has 1 aromatic carbocycles. The largest absolute Gasteiger partial charge is 0.494 e. The summed E-state index contributed by atoms with van der Waals surface area (Å²) >= 11 is 0. The molecule has 0 aliphatic carbocycles. The van der Waals surface area contributed by atoms with Crippen LogP contribution in [0.1, 0.15) is 31.7 Å². The lowest BCUT2D eigenvalue weighted by atomic mass is 10.2. The first-order valence-electron chi connectivity index (χ1n) is 8.46. The fraction of sp³-hybridized carbons (Fsp3) is 0.611. The molecule has 0 radical (unpaired) electrons. The Kier molecular flexibility index (Phi) is 13.7. The first-order valence-corrected chi connectivity index (χ1v) is 8.46. The van der Waals surface area contributed by atoms with Crippen LogP contribution in [0, 0.1) is 0 Å². The Morgan fingerprint density at radius 2 is 1.83 bits per heavy atom. The van der Waals surface area contributed by atoms with E-state index in [-0.39, 0.29) is 24.0 Å². The van der Waals surface area contributed by atoms with E-state index in [0.717, 1.165) is 50.8 Å².